The molecule has 26 heavy (non-hydrogen) atoms. The maximum atomic E-state index is 12.6. The summed E-state index contributed by atoms with van der Waals surface area (Å²) in [5.74, 6) is 0.730. The van der Waals surface area contributed by atoms with Gasteiger partial charge in [-0.2, -0.15) is 0 Å². The third-order valence-corrected chi connectivity index (χ3v) is 4.92. The molecule has 2 aromatic carbocycles. The molecule has 5 heteroatoms. The van der Waals surface area contributed by atoms with E-state index in [-0.39, 0.29) is 18.9 Å². The van der Waals surface area contributed by atoms with Gasteiger partial charge in [0, 0.05) is 19.5 Å². The minimum atomic E-state index is -1.31. The van der Waals surface area contributed by atoms with E-state index in [0.29, 0.717) is 25.1 Å². The van der Waals surface area contributed by atoms with E-state index >= 15 is 0 Å². The third-order valence-electron chi connectivity index (χ3n) is 4.92. The molecule has 0 saturated carbocycles. The van der Waals surface area contributed by atoms with E-state index in [1.54, 1.807) is 17.0 Å². The number of likely N-dealkylation sites (tertiary alicyclic amines) is 1. The van der Waals surface area contributed by atoms with Crippen molar-refractivity contribution in [3.8, 4) is 5.75 Å². The summed E-state index contributed by atoms with van der Waals surface area (Å²) >= 11 is 0. The van der Waals surface area contributed by atoms with Crippen molar-refractivity contribution in [3.05, 3.63) is 65.7 Å². The normalized spacial score (nSPS) is 22.9. The van der Waals surface area contributed by atoms with Gasteiger partial charge in [0.2, 0.25) is 5.91 Å². The lowest BCUT2D eigenvalue weighted by Crippen LogP contribution is -2.55. The predicted molar refractivity (Wildman–Crippen MR) is 98.9 cm³/mol. The fourth-order valence-corrected chi connectivity index (χ4v) is 3.37. The summed E-state index contributed by atoms with van der Waals surface area (Å²) < 4.78 is 5.40. The minimum Gasteiger partial charge on any atom is -0.494 e. The number of ether oxygens (including phenoxy) is 1. The van der Waals surface area contributed by atoms with Gasteiger partial charge in [0.25, 0.3) is 0 Å². The van der Waals surface area contributed by atoms with Gasteiger partial charge in [0.1, 0.15) is 17.5 Å². The van der Waals surface area contributed by atoms with Gasteiger partial charge in [-0.1, -0.05) is 42.5 Å². The van der Waals surface area contributed by atoms with Gasteiger partial charge >= 0.3 is 0 Å². The van der Waals surface area contributed by atoms with Crippen LogP contribution in [0.5, 0.6) is 5.75 Å². The molecule has 1 aliphatic rings. The summed E-state index contributed by atoms with van der Waals surface area (Å²) in [4.78, 5) is 14.2. The Morgan fingerprint density at radius 3 is 2.50 bits per heavy atom. The van der Waals surface area contributed by atoms with Crippen LogP contribution in [0.1, 0.15) is 24.5 Å². The Balaban J connectivity index is 1.62. The fraction of sp³-hybridized carbons (Fsp3) is 0.381. The summed E-state index contributed by atoms with van der Waals surface area (Å²) in [7, 11) is 0. The molecule has 1 fully saturated rings. The molecule has 0 aliphatic carbocycles. The highest BCUT2D eigenvalue weighted by Crippen LogP contribution is 2.33. The Kier molecular flexibility index (Phi) is 5.59. The van der Waals surface area contributed by atoms with Gasteiger partial charge in [0.05, 0.1) is 13.0 Å². The summed E-state index contributed by atoms with van der Waals surface area (Å²) in [6.45, 7) is 3.07. The van der Waals surface area contributed by atoms with Crippen molar-refractivity contribution in [2.75, 3.05) is 19.7 Å². The van der Waals surface area contributed by atoms with E-state index in [1.165, 1.54) is 0 Å². The molecule has 0 spiro atoms. The van der Waals surface area contributed by atoms with E-state index in [0.717, 1.165) is 11.3 Å². The topological polar surface area (TPSA) is 70.0 Å². The molecule has 5 nitrogen and oxygen atoms in total. The van der Waals surface area contributed by atoms with Crippen LogP contribution < -0.4 is 4.74 Å². The van der Waals surface area contributed by atoms with Crippen LogP contribution in [-0.4, -0.2) is 46.8 Å². The number of carbonyl (C=O) groups excluding carboxylic acids is 1. The second-order valence-electron chi connectivity index (χ2n) is 6.65. The zero-order valence-corrected chi connectivity index (χ0v) is 15.0. The highest BCUT2D eigenvalue weighted by molar-refractivity contribution is 5.79. The number of carbonyl (C=O) groups is 1. The highest BCUT2D eigenvalue weighted by atomic mass is 16.5. The molecule has 138 valence electrons. The number of β-amino-alcohol motifs (C(OH)–C–C–N with tert-alkyl or cyclic N) is 1. The number of rotatable bonds is 5. The van der Waals surface area contributed by atoms with E-state index in [1.807, 2.05) is 49.4 Å². The summed E-state index contributed by atoms with van der Waals surface area (Å²) in [6, 6.07) is 16.6. The SMILES string of the molecule is CCOc1ccc(CC(=O)N2CC[C@](O)(c3ccccc3)[C@@H](O)C2)cc1. The van der Waals surface area contributed by atoms with E-state index in [2.05, 4.69) is 0 Å². The van der Waals surface area contributed by atoms with Crippen molar-refractivity contribution < 1.29 is 19.7 Å². The van der Waals surface area contributed by atoms with Crippen LogP contribution in [0.25, 0.3) is 0 Å². The van der Waals surface area contributed by atoms with Gasteiger partial charge < -0.3 is 19.8 Å². The number of aliphatic hydroxyl groups excluding tert-OH is 1. The molecular weight excluding hydrogens is 330 g/mol. The molecule has 0 radical (unpaired) electrons. The Labute approximate surface area is 153 Å². The second-order valence-corrected chi connectivity index (χ2v) is 6.65. The van der Waals surface area contributed by atoms with Gasteiger partial charge in [-0.15, -0.1) is 0 Å². The number of piperidine rings is 1. The molecule has 1 amide bonds. The smallest absolute Gasteiger partial charge is 0.227 e. The third kappa shape index (κ3) is 3.89. The van der Waals surface area contributed by atoms with Crippen LogP contribution in [0, 0.1) is 0 Å². The number of benzene rings is 2. The Bertz CT molecular complexity index is 731. The Hall–Kier alpha value is -2.37. The molecule has 3 rings (SSSR count). The summed E-state index contributed by atoms with van der Waals surface area (Å²) in [6.07, 6.45) is -0.432. The number of amides is 1. The Morgan fingerprint density at radius 1 is 1.19 bits per heavy atom. The zero-order chi connectivity index (χ0) is 18.6. The van der Waals surface area contributed by atoms with Crippen molar-refractivity contribution in [1.29, 1.82) is 0 Å². The monoisotopic (exact) mass is 355 g/mol. The van der Waals surface area contributed by atoms with Crippen LogP contribution >= 0.6 is 0 Å². The Morgan fingerprint density at radius 2 is 1.88 bits per heavy atom. The lowest BCUT2D eigenvalue weighted by molar-refractivity contribution is -0.151. The average molecular weight is 355 g/mol. The van der Waals surface area contributed by atoms with Gasteiger partial charge in [-0.25, -0.2) is 0 Å². The lowest BCUT2D eigenvalue weighted by atomic mass is 9.82. The van der Waals surface area contributed by atoms with E-state index in [4.69, 9.17) is 4.74 Å². The van der Waals surface area contributed by atoms with Crippen molar-refractivity contribution in [2.45, 2.75) is 31.5 Å². The first-order valence-corrected chi connectivity index (χ1v) is 8.98. The van der Waals surface area contributed by atoms with Crippen molar-refractivity contribution >= 4 is 5.91 Å². The molecule has 1 saturated heterocycles. The fourth-order valence-electron chi connectivity index (χ4n) is 3.37. The van der Waals surface area contributed by atoms with Crippen LogP contribution in [0.2, 0.25) is 0 Å². The largest absolute Gasteiger partial charge is 0.494 e. The predicted octanol–water partition coefficient (Wildman–Crippen LogP) is 2.11. The molecule has 2 aromatic rings. The lowest BCUT2D eigenvalue weighted by Gasteiger charge is -2.42. The van der Waals surface area contributed by atoms with E-state index < -0.39 is 11.7 Å². The average Bonchev–Trinajstić information content (AvgIpc) is 2.66. The maximum absolute atomic E-state index is 12.6. The molecule has 0 unspecified atom stereocenters. The molecule has 1 heterocycles. The first kappa shape index (κ1) is 18.4. The van der Waals surface area contributed by atoms with Crippen LogP contribution in [-0.2, 0) is 16.8 Å². The van der Waals surface area contributed by atoms with Crippen LogP contribution in [0.3, 0.4) is 0 Å². The first-order chi connectivity index (χ1) is 12.5. The minimum absolute atomic E-state index is 0.0525. The van der Waals surface area contributed by atoms with Crippen molar-refractivity contribution in [1.82, 2.24) is 4.90 Å². The standard InChI is InChI=1S/C21H25NO4/c1-2-26-18-10-8-16(9-11-18)14-20(24)22-13-12-21(25,19(23)15-22)17-6-4-3-5-7-17/h3-11,19,23,25H,2,12-15H2,1H3/t19-,21-/m0/s1. The molecule has 2 N–H and O–H groups in total. The molecule has 2 atom stereocenters. The number of nitrogens with zero attached hydrogens (tertiary/aromatic N) is 1. The summed E-state index contributed by atoms with van der Waals surface area (Å²) in [5.41, 5.74) is 0.278. The molecule has 0 bridgehead atoms. The highest BCUT2D eigenvalue weighted by Gasteiger charge is 2.42. The molecule has 1 aliphatic heterocycles. The van der Waals surface area contributed by atoms with Crippen molar-refractivity contribution in [2.24, 2.45) is 0 Å². The van der Waals surface area contributed by atoms with Gasteiger partial charge in [0.15, 0.2) is 0 Å². The van der Waals surface area contributed by atoms with Gasteiger partial charge in [-0.3, -0.25) is 4.79 Å². The van der Waals surface area contributed by atoms with E-state index in [9.17, 15) is 15.0 Å². The first-order valence-electron chi connectivity index (χ1n) is 8.98. The quantitative estimate of drug-likeness (QED) is 0.862. The van der Waals surface area contributed by atoms with Crippen LogP contribution in [0.4, 0.5) is 0 Å². The molecular formula is C21H25NO4. The number of hydrogen-bond donors (Lipinski definition) is 2. The molecule has 0 aromatic heterocycles. The van der Waals surface area contributed by atoms with Crippen molar-refractivity contribution in [3.63, 3.8) is 0 Å². The summed E-state index contributed by atoms with van der Waals surface area (Å²) in [5, 5.41) is 21.4. The van der Waals surface area contributed by atoms with Gasteiger partial charge in [-0.05, 0) is 30.2 Å². The number of aliphatic hydroxyl groups is 2. The zero-order valence-electron chi connectivity index (χ0n) is 15.0. The second kappa shape index (κ2) is 7.89. The maximum Gasteiger partial charge on any atom is 0.227 e. The number of hydrogen-bond acceptors (Lipinski definition) is 4. The van der Waals surface area contributed by atoms with Crippen LogP contribution in [0.15, 0.2) is 54.6 Å².